The van der Waals surface area contributed by atoms with E-state index in [-0.39, 0.29) is 16.6 Å². The van der Waals surface area contributed by atoms with Gasteiger partial charge in [0.25, 0.3) is 0 Å². The summed E-state index contributed by atoms with van der Waals surface area (Å²) in [5, 5.41) is 7.50. The number of hydrogen-bond donors (Lipinski definition) is 3. The van der Waals surface area contributed by atoms with Crippen molar-refractivity contribution in [3.05, 3.63) is 65.2 Å². The van der Waals surface area contributed by atoms with Crippen molar-refractivity contribution in [3.63, 3.8) is 0 Å². The molecule has 27 heavy (non-hydrogen) atoms. The molecule has 0 spiro atoms. The summed E-state index contributed by atoms with van der Waals surface area (Å²) in [5.74, 6) is -0.285. The zero-order valence-electron chi connectivity index (χ0n) is 15.0. The van der Waals surface area contributed by atoms with Gasteiger partial charge in [-0.2, -0.15) is 4.72 Å². The molecule has 4 N–H and O–H groups in total. The van der Waals surface area contributed by atoms with Gasteiger partial charge in [0.15, 0.2) is 0 Å². The average Bonchev–Trinajstić information content (AvgIpc) is 2.95. The summed E-state index contributed by atoms with van der Waals surface area (Å²) in [7, 11) is -3.75. The van der Waals surface area contributed by atoms with E-state index >= 15 is 0 Å². The van der Waals surface area contributed by atoms with Gasteiger partial charge in [0.05, 0.1) is 4.90 Å². The van der Waals surface area contributed by atoms with Gasteiger partial charge in [-0.3, -0.25) is 10.2 Å². The van der Waals surface area contributed by atoms with Crippen LogP contribution in [0.25, 0.3) is 0 Å². The van der Waals surface area contributed by atoms with Crippen molar-refractivity contribution in [2.45, 2.75) is 30.8 Å². The Balaban J connectivity index is 1.69. The number of amides is 1. The largest absolute Gasteiger partial charge is 0.384 e. The van der Waals surface area contributed by atoms with E-state index in [1.807, 2.05) is 13.0 Å². The standard InChI is InChI=1S/C19H22N4O3S/c1-13-5-7-16(8-6-13)27(25,26)22-17-9-10-23(19(17)24)12-14-3-2-4-15(11-14)18(20)21/h2-8,11,17,22H,9-10,12H2,1H3,(H3,20,21). The van der Waals surface area contributed by atoms with Crippen molar-refractivity contribution in [2.24, 2.45) is 5.73 Å². The minimum atomic E-state index is -3.75. The number of likely N-dealkylation sites (tertiary alicyclic amines) is 1. The number of amidine groups is 1. The molecule has 7 nitrogen and oxygen atoms in total. The number of carbonyl (C=O) groups is 1. The first kappa shape index (κ1) is 19.1. The van der Waals surface area contributed by atoms with Crippen LogP contribution in [0.4, 0.5) is 0 Å². The quantitative estimate of drug-likeness (QED) is 0.513. The lowest BCUT2D eigenvalue weighted by Gasteiger charge is -2.18. The maximum atomic E-state index is 12.6. The second kappa shape index (κ2) is 7.50. The summed E-state index contributed by atoms with van der Waals surface area (Å²) in [4.78, 5) is 14.4. The summed E-state index contributed by atoms with van der Waals surface area (Å²) in [6.45, 7) is 2.69. The van der Waals surface area contributed by atoms with Crippen LogP contribution in [0.2, 0.25) is 0 Å². The number of nitrogens with one attached hydrogen (secondary N) is 2. The maximum absolute atomic E-state index is 12.6. The van der Waals surface area contributed by atoms with Crippen LogP contribution in [0.1, 0.15) is 23.1 Å². The minimum Gasteiger partial charge on any atom is -0.384 e. The summed E-state index contributed by atoms with van der Waals surface area (Å²) in [6.07, 6.45) is 0.413. The number of nitrogen functional groups attached to an aromatic ring is 1. The monoisotopic (exact) mass is 386 g/mol. The van der Waals surface area contributed by atoms with Crippen LogP contribution in [0.15, 0.2) is 53.4 Å². The first-order valence-corrected chi connectivity index (χ1v) is 10.1. The highest BCUT2D eigenvalue weighted by molar-refractivity contribution is 7.89. The number of benzene rings is 2. The number of sulfonamides is 1. The van der Waals surface area contributed by atoms with Crippen molar-refractivity contribution in [1.82, 2.24) is 9.62 Å². The Morgan fingerprint density at radius 1 is 1.26 bits per heavy atom. The van der Waals surface area contributed by atoms with Gasteiger partial charge in [0.1, 0.15) is 11.9 Å². The molecular weight excluding hydrogens is 364 g/mol. The predicted octanol–water partition coefficient (Wildman–Crippen LogP) is 1.36. The van der Waals surface area contributed by atoms with Crippen molar-refractivity contribution in [2.75, 3.05) is 6.54 Å². The van der Waals surface area contributed by atoms with Gasteiger partial charge >= 0.3 is 0 Å². The van der Waals surface area contributed by atoms with Gasteiger partial charge in [-0.05, 0) is 37.1 Å². The molecule has 1 aliphatic heterocycles. The second-order valence-electron chi connectivity index (χ2n) is 6.65. The summed E-state index contributed by atoms with van der Waals surface area (Å²) < 4.78 is 27.5. The van der Waals surface area contributed by atoms with E-state index < -0.39 is 16.1 Å². The van der Waals surface area contributed by atoms with E-state index in [2.05, 4.69) is 4.72 Å². The van der Waals surface area contributed by atoms with Gasteiger partial charge in [-0.15, -0.1) is 0 Å². The van der Waals surface area contributed by atoms with Crippen molar-refractivity contribution in [1.29, 1.82) is 5.41 Å². The van der Waals surface area contributed by atoms with Gasteiger partial charge in [0, 0.05) is 18.7 Å². The smallest absolute Gasteiger partial charge is 0.241 e. The molecule has 1 amide bonds. The number of hydrogen-bond acceptors (Lipinski definition) is 4. The Hall–Kier alpha value is -2.71. The number of nitrogens with zero attached hydrogens (tertiary/aromatic N) is 1. The zero-order chi connectivity index (χ0) is 19.6. The molecule has 1 saturated heterocycles. The molecule has 0 saturated carbocycles. The van der Waals surface area contributed by atoms with E-state index in [0.29, 0.717) is 25.1 Å². The lowest BCUT2D eigenvalue weighted by Crippen LogP contribution is -2.41. The van der Waals surface area contributed by atoms with Gasteiger partial charge in [0.2, 0.25) is 15.9 Å². The molecule has 2 aromatic carbocycles. The average molecular weight is 386 g/mol. The molecule has 3 rings (SSSR count). The summed E-state index contributed by atoms with van der Waals surface area (Å²) in [6, 6.07) is 12.9. The third kappa shape index (κ3) is 4.35. The Kier molecular flexibility index (Phi) is 5.29. The summed E-state index contributed by atoms with van der Waals surface area (Å²) >= 11 is 0. The van der Waals surface area contributed by atoms with Gasteiger partial charge < -0.3 is 10.6 Å². The molecule has 0 aliphatic carbocycles. The third-order valence-corrected chi connectivity index (χ3v) is 6.03. The normalized spacial score (nSPS) is 17.3. The van der Waals surface area contributed by atoms with E-state index in [1.54, 1.807) is 35.2 Å². The molecule has 2 aromatic rings. The SMILES string of the molecule is Cc1ccc(S(=O)(=O)NC2CCN(Cc3cccc(C(=N)N)c3)C2=O)cc1. The number of nitrogens with two attached hydrogens (primary N) is 1. The topological polar surface area (TPSA) is 116 Å². The van der Waals surface area contributed by atoms with Crippen LogP contribution < -0.4 is 10.5 Å². The summed E-state index contributed by atoms with van der Waals surface area (Å²) in [5.41, 5.74) is 7.90. The fourth-order valence-electron chi connectivity index (χ4n) is 3.04. The first-order valence-electron chi connectivity index (χ1n) is 8.57. The first-order chi connectivity index (χ1) is 12.8. The molecule has 0 aromatic heterocycles. The molecule has 1 atom stereocenters. The highest BCUT2D eigenvalue weighted by atomic mass is 32.2. The van der Waals surface area contributed by atoms with E-state index in [1.165, 1.54) is 12.1 Å². The zero-order valence-corrected chi connectivity index (χ0v) is 15.8. The molecule has 0 radical (unpaired) electrons. The van der Waals surface area contributed by atoms with E-state index in [4.69, 9.17) is 11.1 Å². The van der Waals surface area contributed by atoms with Gasteiger partial charge in [-0.25, -0.2) is 8.42 Å². The second-order valence-corrected chi connectivity index (χ2v) is 8.36. The fourth-order valence-corrected chi connectivity index (χ4v) is 4.26. The fraction of sp³-hybridized carbons (Fsp3) is 0.263. The number of rotatable bonds is 6. The molecular formula is C19H22N4O3S. The van der Waals surface area contributed by atoms with Crippen LogP contribution in [0, 0.1) is 12.3 Å². The maximum Gasteiger partial charge on any atom is 0.241 e. The number of carbonyl (C=O) groups excluding carboxylic acids is 1. The van der Waals surface area contributed by atoms with Crippen molar-refractivity contribution in [3.8, 4) is 0 Å². The van der Waals surface area contributed by atoms with Crippen molar-refractivity contribution < 1.29 is 13.2 Å². The van der Waals surface area contributed by atoms with E-state index in [9.17, 15) is 13.2 Å². The van der Waals surface area contributed by atoms with Crippen LogP contribution >= 0.6 is 0 Å². The highest BCUT2D eigenvalue weighted by Crippen LogP contribution is 2.19. The van der Waals surface area contributed by atoms with Gasteiger partial charge in [-0.1, -0.05) is 35.9 Å². The van der Waals surface area contributed by atoms with Crippen LogP contribution in [0.3, 0.4) is 0 Å². The predicted molar refractivity (Wildman–Crippen MR) is 103 cm³/mol. The Morgan fingerprint density at radius 2 is 1.96 bits per heavy atom. The van der Waals surface area contributed by atoms with Crippen LogP contribution in [-0.4, -0.2) is 37.6 Å². The number of aryl methyl sites for hydroxylation is 1. The van der Waals surface area contributed by atoms with Crippen LogP contribution in [-0.2, 0) is 21.4 Å². The molecule has 142 valence electrons. The minimum absolute atomic E-state index is 0.0340. The molecule has 1 heterocycles. The highest BCUT2D eigenvalue weighted by Gasteiger charge is 2.34. The lowest BCUT2D eigenvalue weighted by atomic mass is 10.1. The Morgan fingerprint density at radius 3 is 2.63 bits per heavy atom. The Labute approximate surface area is 158 Å². The van der Waals surface area contributed by atoms with Crippen molar-refractivity contribution >= 4 is 21.8 Å². The molecule has 0 bridgehead atoms. The lowest BCUT2D eigenvalue weighted by molar-refractivity contribution is -0.129. The molecule has 1 fully saturated rings. The van der Waals surface area contributed by atoms with E-state index in [0.717, 1.165) is 11.1 Å². The third-order valence-electron chi connectivity index (χ3n) is 4.54. The van der Waals surface area contributed by atoms with Crippen LogP contribution in [0.5, 0.6) is 0 Å². The molecule has 8 heteroatoms. The molecule has 1 aliphatic rings. The molecule has 1 unspecified atom stereocenters. The Bertz CT molecular complexity index is 971.